The number of carbonyl (C=O) groups excluding carboxylic acids is 1. The average molecular weight is 290 g/mol. The minimum Gasteiger partial charge on any atom is -0.479 e. The van der Waals surface area contributed by atoms with Gasteiger partial charge in [-0.15, -0.1) is 0 Å². The van der Waals surface area contributed by atoms with Gasteiger partial charge in [-0.1, -0.05) is 24.3 Å². The average Bonchev–Trinajstić information content (AvgIpc) is 2.96. The van der Waals surface area contributed by atoms with Gasteiger partial charge in [0.05, 0.1) is 12.6 Å². The van der Waals surface area contributed by atoms with Crippen molar-refractivity contribution < 1.29 is 19.4 Å². The summed E-state index contributed by atoms with van der Waals surface area (Å²) in [5.74, 6) is -1.32. The summed E-state index contributed by atoms with van der Waals surface area (Å²) < 4.78 is 5.15. The van der Waals surface area contributed by atoms with E-state index in [1.165, 1.54) is 5.56 Å². The van der Waals surface area contributed by atoms with Crippen molar-refractivity contribution in [2.24, 2.45) is 0 Å². The van der Waals surface area contributed by atoms with Crippen LogP contribution in [-0.4, -0.2) is 41.8 Å². The van der Waals surface area contributed by atoms with Crippen LogP contribution in [0.3, 0.4) is 0 Å². The molecule has 112 valence electrons. The fourth-order valence-electron chi connectivity index (χ4n) is 2.85. The van der Waals surface area contributed by atoms with Gasteiger partial charge in [0.2, 0.25) is 5.91 Å². The van der Waals surface area contributed by atoms with Crippen molar-refractivity contribution >= 4 is 11.9 Å². The Balaban J connectivity index is 1.71. The number of hydrogen-bond acceptors (Lipinski definition) is 4. The molecule has 0 aromatic heterocycles. The Bertz CT molecular complexity index is 567. The van der Waals surface area contributed by atoms with Crippen LogP contribution in [0.4, 0.5) is 0 Å². The number of carboxylic acid groups (broad SMARTS) is 1. The lowest BCUT2D eigenvalue weighted by Crippen LogP contribution is -2.60. The lowest BCUT2D eigenvalue weighted by atomic mass is 9.93. The highest BCUT2D eigenvalue weighted by Crippen LogP contribution is 2.21. The lowest BCUT2D eigenvalue weighted by molar-refractivity contribution is -0.148. The summed E-state index contributed by atoms with van der Waals surface area (Å²) in [4.78, 5) is 23.8. The van der Waals surface area contributed by atoms with E-state index >= 15 is 0 Å². The topological polar surface area (TPSA) is 87.7 Å². The summed E-state index contributed by atoms with van der Waals surface area (Å²) in [7, 11) is 0. The largest absolute Gasteiger partial charge is 0.479 e. The Morgan fingerprint density at radius 3 is 2.76 bits per heavy atom. The second kappa shape index (κ2) is 5.46. The summed E-state index contributed by atoms with van der Waals surface area (Å²) in [5.41, 5.74) is 1.03. The third-order valence-corrected chi connectivity index (χ3v) is 4.19. The van der Waals surface area contributed by atoms with Crippen molar-refractivity contribution in [2.45, 2.75) is 31.0 Å². The van der Waals surface area contributed by atoms with Crippen LogP contribution in [0.15, 0.2) is 24.3 Å². The number of fused-ring (bicyclic) bond motifs is 1. The molecule has 2 aliphatic rings. The molecule has 3 N–H and O–H groups in total. The molecule has 1 unspecified atom stereocenters. The van der Waals surface area contributed by atoms with Crippen LogP contribution in [0, 0.1) is 0 Å². The van der Waals surface area contributed by atoms with Gasteiger partial charge in [0.25, 0.3) is 0 Å². The molecule has 0 spiro atoms. The molecule has 2 aliphatic heterocycles. The SMILES string of the molecule is O=C(NC1(C(=O)O)CCOC1)[C@H]1Cc2ccccc2CN1. The predicted molar refractivity (Wildman–Crippen MR) is 74.7 cm³/mol. The molecular formula is C15H18N2O4. The number of benzene rings is 1. The zero-order valence-corrected chi connectivity index (χ0v) is 11.6. The van der Waals surface area contributed by atoms with E-state index in [-0.39, 0.29) is 12.5 Å². The highest BCUT2D eigenvalue weighted by atomic mass is 16.5. The van der Waals surface area contributed by atoms with E-state index in [9.17, 15) is 14.7 Å². The van der Waals surface area contributed by atoms with E-state index in [1.807, 2.05) is 24.3 Å². The summed E-state index contributed by atoms with van der Waals surface area (Å²) in [6.07, 6.45) is 0.871. The highest BCUT2D eigenvalue weighted by Gasteiger charge is 2.45. The Morgan fingerprint density at radius 1 is 1.33 bits per heavy atom. The number of ether oxygens (including phenoxy) is 1. The van der Waals surface area contributed by atoms with E-state index in [1.54, 1.807) is 0 Å². The normalized spacial score (nSPS) is 27.9. The second-order valence-corrected chi connectivity index (χ2v) is 5.59. The molecule has 1 amide bonds. The summed E-state index contributed by atoms with van der Waals surface area (Å²) >= 11 is 0. The zero-order valence-electron chi connectivity index (χ0n) is 11.6. The van der Waals surface area contributed by atoms with Gasteiger partial charge in [0.1, 0.15) is 0 Å². The van der Waals surface area contributed by atoms with Crippen molar-refractivity contribution in [1.82, 2.24) is 10.6 Å². The highest BCUT2D eigenvalue weighted by molar-refractivity contribution is 5.90. The molecule has 0 bridgehead atoms. The molecule has 0 radical (unpaired) electrons. The maximum atomic E-state index is 12.4. The first kappa shape index (κ1) is 14.0. The van der Waals surface area contributed by atoms with E-state index in [2.05, 4.69) is 10.6 Å². The number of aliphatic carboxylic acids is 1. The molecule has 3 rings (SSSR count). The third kappa shape index (κ3) is 2.64. The molecule has 0 saturated carbocycles. The molecule has 6 nitrogen and oxygen atoms in total. The Kier molecular flexibility index (Phi) is 3.65. The van der Waals surface area contributed by atoms with Crippen molar-refractivity contribution in [2.75, 3.05) is 13.2 Å². The summed E-state index contributed by atoms with van der Waals surface area (Å²) in [6, 6.07) is 7.54. The number of nitrogens with one attached hydrogen (secondary N) is 2. The van der Waals surface area contributed by atoms with E-state index in [4.69, 9.17) is 4.74 Å². The fraction of sp³-hybridized carbons (Fsp3) is 0.467. The molecule has 1 aromatic rings. The zero-order chi connectivity index (χ0) is 14.9. The van der Waals surface area contributed by atoms with Gasteiger partial charge in [0.15, 0.2) is 5.54 Å². The van der Waals surface area contributed by atoms with Crippen molar-refractivity contribution in [3.63, 3.8) is 0 Å². The minimum absolute atomic E-state index is 0.0252. The van der Waals surface area contributed by atoms with Crippen LogP contribution in [0.5, 0.6) is 0 Å². The quantitative estimate of drug-likeness (QED) is 0.733. The first-order valence-corrected chi connectivity index (χ1v) is 7.04. The van der Waals surface area contributed by atoms with Gasteiger partial charge in [-0.25, -0.2) is 4.79 Å². The molecule has 6 heteroatoms. The third-order valence-electron chi connectivity index (χ3n) is 4.19. The standard InChI is InChI=1S/C15H18N2O4/c18-13(17-15(14(19)20)5-6-21-9-15)12-7-10-3-1-2-4-11(10)8-16-12/h1-4,12,16H,5-9H2,(H,17,18)(H,19,20)/t12-,15?/m1/s1. The first-order chi connectivity index (χ1) is 10.1. The first-order valence-electron chi connectivity index (χ1n) is 7.04. The van der Waals surface area contributed by atoms with E-state index in [0.717, 1.165) is 5.56 Å². The second-order valence-electron chi connectivity index (χ2n) is 5.59. The molecule has 1 fully saturated rings. The molecule has 21 heavy (non-hydrogen) atoms. The lowest BCUT2D eigenvalue weighted by Gasteiger charge is -2.30. The van der Waals surface area contributed by atoms with Crippen LogP contribution in [-0.2, 0) is 27.3 Å². The van der Waals surface area contributed by atoms with Crippen LogP contribution in [0.2, 0.25) is 0 Å². The molecule has 0 aliphatic carbocycles. The van der Waals surface area contributed by atoms with Gasteiger partial charge in [-0.3, -0.25) is 4.79 Å². The van der Waals surface area contributed by atoms with Crippen LogP contribution >= 0.6 is 0 Å². The summed E-state index contributed by atoms with van der Waals surface area (Å²) in [6.45, 7) is 0.996. The monoisotopic (exact) mass is 290 g/mol. The molecular weight excluding hydrogens is 272 g/mol. The van der Waals surface area contributed by atoms with E-state index in [0.29, 0.717) is 26.0 Å². The van der Waals surface area contributed by atoms with Gasteiger partial charge in [-0.2, -0.15) is 0 Å². The Hall–Kier alpha value is -1.92. The number of carbonyl (C=O) groups is 2. The number of amides is 1. The molecule has 2 heterocycles. The van der Waals surface area contributed by atoms with Crippen molar-refractivity contribution in [3.05, 3.63) is 35.4 Å². The van der Waals surface area contributed by atoms with Gasteiger partial charge in [-0.05, 0) is 17.5 Å². The van der Waals surface area contributed by atoms with Crippen LogP contribution in [0.1, 0.15) is 17.5 Å². The summed E-state index contributed by atoms with van der Waals surface area (Å²) in [5, 5.41) is 15.2. The molecule has 1 saturated heterocycles. The fourth-order valence-corrected chi connectivity index (χ4v) is 2.85. The maximum absolute atomic E-state index is 12.4. The molecule has 2 atom stereocenters. The number of carboxylic acids is 1. The smallest absolute Gasteiger partial charge is 0.331 e. The number of hydrogen-bond donors (Lipinski definition) is 3. The van der Waals surface area contributed by atoms with Crippen molar-refractivity contribution in [1.29, 1.82) is 0 Å². The maximum Gasteiger partial charge on any atom is 0.331 e. The van der Waals surface area contributed by atoms with Gasteiger partial charge in [0, 0.05) is 19.6 Å². The van der Waals surface area contributed by atoms with Crippen LogP contribution in [0.25, 0.3) is 0 Å². The van der Waals surface area contributed by atoms with Crippen LogP contribution < -0.4 is 10.6 Å². The number of rotatable bonds is 3. The van der Waals surface area contributed by atoms with Gasteiger partial charge < -0.3 is 20.5 Å². The predicted octanol–water partition coefficient (Wildman–Crippen LogP) is 0.0608. The minimum atomic E-state index is -1.28. The van der Waals surface area contributed by atoms with E-state index < -0.39 is 17.6 Å². The van der Waals surface area contributed by atoms with Crippen molar-refractivity contribution in [3.8, 4) is 0 Å². The Morgan fingerprint density at radius 2 is 2.10 bits per heavy atom. The van der Waals surface area contributed by atoms with Gasteiger partial charge >= 0.3 is 5.97 Å². The Labute approximate surface area is 122 Å². The molecule has 1 aromatic carbocycles.